The van der Waals surface area contributed by atoms with Gasteiger partial charge in [-0.05, 0) is 55.5 Å². The highest BCUT2D eigenvalue weighted by molar-refractivity contribution is 6.31. The number of benzene rings is 2. The van der Waals surface area contributed by atoms with Crippen molar-refractivity contribution >= 4 is 40.7 Å². The lowest BCUT2D eigenvalue weighted by atomic mass is 10.1. The van der Waals surface area contributed by atoms with Gasteiger partial charge in [0.2, 0.25) is 11.7 Å². The molecule has 0 spiro atoms. The molecule has 4 N–H and O–H groups in total. The van der Waals surface area contributed by atoms with Crippen LogP contribution in [0, 0.1) is 0 Å². The summed E-state index contributed by atoms with van der Waals surface area (Å²) in [5, 5.41) is 16.7. The van der Waals surface area contributed by atoms with Crippen LogP contribution in [-0.2, 0) is 6.18 Å². The number of alkyl halides is 3. The smallest absolute Gasteiger partial charge is 0.392 e. The van der Waals surface area contributed by atoms with Crippen molar-refractivity contribution in [1.29, 1.82) is 0 Å². The second-order valence-corrected chi connectivity index (χ2v) is 8.67. The topological polar surface area (TPSA) is 134 Å². The van der Waals surface area contributed by atoms with Crippen molar-refractivity contribution in [3.63, 3.8) is 0 Å². The van der Waals surface area contributed by atoms with Crippen molar-refractivity contribution in [2.45, 2.75) is 19.2 Å². The van der Waals surface area contributed by atoms with E-state index in [0.29, 0.717) is 11.5 Å². The molecule has 0 fully saturated rings. The van der Waals surface area contributed by atoms with E-state index in [1.807, 2.05) is 0 Å². The molecule has 10 nitrogen and oxygen atoms in total. The average Bonchev–Trinajstić information content (AvgIpc) is 3.38. The van der Waals surface area contributed by atoms with Crippen molar-refractivity contribution in [3.8, 4) is 5.82 Å². The summed E-state index contributed by atoms with van der Waals surface area (Å²) in [6, 6.07) is 9.68. The quantitative estimate of drug-likeness (QED) is 0.223. The standard InChI is InChI=1S/C25H21ClF3N7O3/c1-14(37)13-32-23-31-9-8-20(35-23)36-11-10-30-22(36)21(38)15-2-4-16(5-3-15)33-24(39)34-17-6-7-19(26)18(12-17)25(27,28)29/h2-12,14,37H,13H2,1H3,(H,31,32,35)(H2,33,34,39). The van der Waals surface area contributed by atoms with Crippen LogP contribution >= 0.6 is 11.6 Å². The second kappa shape index (κ2) is 11.5. The van der Waals surface area contributed by atoms with Gasteiger partial charge in [0.25, 0.3) is 0 Å². The van der Waals surface area contributed by atoms with Crippen LogP contribution in [0.3, 0.4) is 0 Å². The molecule has 2 amide bonds. The SMILES string of the molecule is CC(O)CNc1nccc(-n2ccnc2C(=O)c2ccc(NC(=O)Nc3ccc(Cl)c(C(F)(F)F)c3)cc2)n1. The summed E-state index contributed by atoms with van der Waals surface area (Å²) in [4.78, 5) is 38.0. The van der Waals surface area contributed by atoms with Crippen LogP contribution in [0.1, 0.15) is 28.7 Å². The third kappa shape index (κ3) is 6.89. The summed E-state index contributed by atoms with van der Waals surface area (Å²) in [6.45, 7) is 1.86. The lowest BCUT2D eigenvalue weighted by Gasteiger charge is -2.12. The fourth-order valence-electron chi connectivity index (χ4n) is 3.41. The Morgan fingerprint density at radius 1 is 1.03 bits per heavy atom. The molecule has 14 heteroatoms. The molecule has 0 aliphatic carbocycles. The molecule has 4 aromatic rings. The molecular weight excluding hydrogens is 539 g/mol. The van der Waals surface area contributed by atoms with Crippen molar-refractivity contribution in [1.82, 2.24) is 19.5 Å². The monoisotopic (exact) mass is 559 g/mol. The third-order valence-electron chi connectivity index (χ3n) is 5.22. The van der Waals surface area contributed by atoms with Crippen LogP contribution in [0.5, 0.6) is 0 Å². The van der Waals surface area contributed by atoms with Crippen molar-refractivity contribution in [2.75, 3.05) is 22.5 Å². The van der Waals surface area contributed by atoms with E-state index in [9.17, 15) is 27.9 Å². The average molecular weight is 560 g/mol. The number of carbonyl (C=O) groups is 2. The number of rotatable bonds is 8. The van der Waals surface area contributed by atoms with Crippen LogP contribution in [-0.4, -0.2) is 49.1 Å². The van der Waals surface area contributed by atoms with Gasteiger partial charge in [-0.15, -0.1) is 0 Å². The summed E-state index contributed by atoms with van der Waals surface area (Å²) < 4.78 is 40.6. The van der Waals surface area contributed by atoms with Crippen molar-refractivity contribution < 1.29 is 27.9 Å². The number of imidazole rings is 1. The highest BCUT2D eigenvalue weighted by atomic mass is 35.5. The molecule has 4 rings (SSSR count). The Morgan fingerprint density at radius 3 is 2.41 bits per heavy atom. The Balaban J connectivity index is 1.44. The molecule has 0 aliphatic heterocycles. The Bertz CT molecular complexity index is 1490. The van der Waals surface area contributed by atoms with Gasteiger partial charge in [0.15, 0.2) is 5.82 Å². The Kier molecular flexibility index (Phi) is 8.12. The molecular formula is C25H21ClF3N7O3. The first-order chi connectivity index (χ1) is 18.5. The predicted octanol–water partition coefficient (Wildman–Crippen LogP) is 5.00. The second-order valence-electron chi connectivity index (χ2n) is 8.27. The molecule has 0 saturated heterocycles. The fraction of sp³-hybridized carbons (Fsp3) is 0.160. The molecule has 0 bridgehead atoms. The molecule has 1 unspecified atom stereocenters. The zero-order chi connectivity index (χ0) is 28.2. The van der Waals surface area contributed by atoms with E-state index >= 15 is 0 Å². The first-order valence-electron chi connectivity index (χ1n) is 11.4. The van der Waals surface area contributed by atoms with E-state index in [4.69, 9.17) is 11.6 Å². The zero-order valence-electron chi connectivity index (χ0n) is 20.2. The first-order valence-corrected chi connectivity index (χ1v) is 11.8. The maximum atomic E-state index is 13.1. The van der Waals surface area contributed by atoms with Gasteiger partial charge in [0, 0.05) is 42.1 Å². The van der Waals surface area contributed by atoms with Crippen molar-refractivity contribution in [2.24, 2.45) is 0 Å². The van der Waals surface area contributed by atoms with Gasteiger partial charge >= 0.3 is 12.2 Å². The minimum atomic E-state index is -4.67. The van der Waals surface area contributed by atoms with Gasteiger partial charge < -0.3 is 21.1 Å². The summed E-state index contributed by atoms with van der Waals surface area (Å²) in [5.74, 6) is 0.304. The third-order valence-corrected chi connectivity index (χ3v) is 5.55. The molecule has 39 heavy (non-hydrogen) atoms. The molecule has 2 aromatic heterocycles. The van der Waals surface area contributed by atoms with E-state index in [2.05, 4.69) is 30.9 Å². The molecule has 2 aromatic carbocycles. The number of hydrogen-bond acceptors (Lipinski definition) is 7. The van der Waals surface area contributed by atoms with E-state index in [-0.39, 0.29) is 29.6 Å². The Labute approximate surface area is 224 Å². The molecule has 0 radical (unpaired) electrons. The van der Waals surface area contributed by atoms with Gasteiger partial charge in [-0.3, -0.25) is 9.36 Å². The summed E-state index contributed by atoms with van der Waals surface area (Å²) >= 11 is 5.60. The van der Waals surface area contributed by atoms with Crippen molar-refractivity contribution in [3.05, 3.63) is 89.1 Å². The number of aliphatic hydroxyl groups is 1. The number of aliphatic hydroxyl groups excluding tert-OH is 1. The Morgan fingerprint density at radius 2 is 1.72 bits per heavy atom. The lowest BCUT2D eigenvalue weighted by Crippen LogP contribution is -2.20. The zero-order valence-corrected chi connectivity index (χ0v) is 21.0. The highest BCUT2D eigenvalue weighted by Gasteiger charge is 2.33. The number of nitrogens with one attached hydrogen (secondary N) is 3. The number of hydrogen-bond donors (Lipinski definition) is 4. The highest BCUT2D eigenvalue weighted by Crippen LogP contribution is 2.36. The maximum Gasteiger partial charge on any atom is 0.417 e. The molecule has 0 saturated carbocycles. The lowest BCUT2D eigenvalue weighted by molar-refractivity contribution is -0.137. The van der Waals surface area contributed by atoms with Gasteiger partial charge in [-0.1, -0.05) is 11.6 Å². The van der Waals surface area contributed by atoms with Crippen LogP contribution in [0.25, 0.3) is 5.82 Å². The predicted molar refractivity (Wildman–Crippen MR) is 138 cm³/mol. The molecule has 2 heterocycles. The number of carbonyl (C=O) groups excluding carboxylic acids is 2. The van der Waals surface area contributed by atoms with Gasteiger partial charge in [0.1, 0.15) is 5.82 Å². The van der Waals surface area contributed by atoms with E-state index < -0.39 is 34.7 Å². The van der Waals surface area contributed by atoms with Crippen LogP contribution < -0.4 is 16.0 Å². The number of halogens is 4. The van der Waals surface area contributed by atoms with Crippen LogP contribution in [0.15, 0.2) is 67.1 Å². The Hall–Kier alpha value is -4.49. The molecule has 202 valence electrons. The van der Waals surface area contributed by atoms with E-state index in [0.717, 1.165) is 12.1 Å². The normalized spacial score (nSPS) is 12.1. The minimum absolute atomic E-state index is 0.0804. The first kappa shape index (κ1) is 27.5. The number of nitrogens with zero attached hydrogens (tertiary/aromatic N) is 4. The molecule has 0 aliphatic rings. The fourth-order valence-corrected chi connectivity index (χ4v) is 3.64. The van der Waals surface area contributed by atoms with E-state index in [1.165, 1.54) is 47.3 Å². The van der Waals surface area contributed by atoms with Gasteiger partial charge in [-0.2, -0.15) is 18.2 Å². The van der Waals surface area contributed by atoms with Gasteiger partial charge in [-0.25, -0.2) is 14.8 Å². The largest absolute Gasteiger partial charge is 0.417 e. The van der Waals surface area contributed by atoms with E-state index in [1.54, 1.807) is 19.2 Å². The van der Waals surface area contributed by atoms with Crippen LogP contribution in [0.2, 0.25) is 5.02 Å². The summed E-state index contributed by atoms with van der Waals surface area (Å²) in [6.07, 6.45) is -0.770. The van der Waals surface area contributed by atoms with Crippen LogP contribution in [0.4, 0.5) is 35.3 Å². The number of anilines is 3. The number of amides is 2. The summed E-state index contributed by atoms with van der Waals surface area (Å²) in [7, 11) is 0. The molecule has 1 atom stereocenters. The minimum Gasteiger partial charge on any atom is -0.392 e. The van der Waals surface area contributed by atoms with Gasteiger partial charge in [0.05, 0.1) is 16.7 Å². The number of aromatic nitrogens is 4. The summed E-state index contributed by atoms with van der Waals surface area (Å²) in [5.41, 5.74) is -0.612. The maximum absolute atomic E-state index is 13.1. The number of urea groups is 1. The number of ketones is 1.